The highest BCUT2D eigenvalue weighted by Crippen LogP contribution is 2.32. The minimum absolute atomic E-state index is 0.222. The fraction of sp³-hybridized carbons (Fsp3) is 0.556. The first kappa shape index (κ1) is 37.3. The molecule has 3 rings (SSSR count). The van der Waals surface area contributed by atoms with Gasteiger partial charge in [0.05, 0.1) is 20.3 Å². The highest BCUT2D eigenvalue weighted by Gasteiger charge is 2.41. The summed E-state index contributed by atoms with van der Waals surface area (Å²) in [5.41, 5.74) is 0.758. The average Bonchev–Trinajstić information content (AvgIpc) is 3.08. The van der Waals surface area contributed by atoms with Gasteiger partial charge in [-0.25, -0.2) is 4.79 Å². The highest BCUT2D eigenvalue weighted by molar-refractivity contribution is 6.38. The summed E-state index contributed by atoms with van der Waals surface area (Å²) >= 11 is 0. The Morgan fingerprint density at radius 1 is 1.02 bits per heavy atom. The number of Topliss-reactive ketones (excluding diaryl/α,β-unsaturated/α-hetero) is 1. The first-order valence-corrected chi connectivity index (χ1v) is 16.3. The number of nitrogens with one attached hydrogen (secondary N) is 1. The van der Waals surface area contributed by atoms with Crippen LogP contribution in [0.15, 0.2) is 42.5 Å². The standard InChI is InChI=1S/C36H50N2O9/c1-7-36(3,4)33(41)34(42)38-20-9-8-13-28(38)35(43)47-29(16-14-25-15-17-30(44-5)31(21-25)45-6)26-11-10-12-27(22-26)46-23-32(40)37-19-18-24(2)39/h10-12,15,17,21-22,24,28-29,39H,7-9,13-14,16,18-20,23H2,1-6H3,(H,37,40)/t24?,28-,29+/m0/s1. The molecular weight excluding hydrogens is 604 g/mol. The van der Waals surface area contributed by atoms with Gasteiger partial charge in [-0.15, -0.1) is 0 Å². The Labute approximate surface area is 277 Å². The molecule has 2 aromatic carbocycles. The molecular formula is C36H50N2O9. The van der Waals surface area contributed by atoms with Crippen LogP contribution in [-0.4, -0.2) is 79.6 Å². The molecule has 1 unspecified atom stereocenters. The van der Waals surface area contributed by atoms with Gasteiger partial charge in [-0.3, -0.25) is 14.4 Å². The van der Waals surface area contributed by atoms with Gasteiger partial charge in [-0.05, 0) is 87.3 Å². The lowest BCUT2D eigenvalue weighted by Crippen LogP contribution is -2.53. The number of carbonyl (C=O) groups excluding carboxylic acids is 4. The number of ketones is 1. The monoisotopic (exact) mass is 654 g/mol. The number of amides is 2. The summed E-state index contributed by atoms with van der Waals surface area (Å²) in [5.74, 6) is -0.454. The number of rotatable bonds is 17. The van der Waals surface area contributed by atoms with Crippen molar-refractivity contribution in [2.45, 2.75) is 90.9 Å². The third kappa shape index (κ3) is 10.7. The predicted molar refractivity (Wildman–Crippen MR) is 176 cm³/mol. The van der Waals surface area contributed by atoms with E-state index in [4.69, 9.17) is 18.9 Å². The Hall–Kier alpha value is -4.12. The van der Waals surface area contributed by atoms with Crippen molar-refractivity contribution in [1.29, 1.82) is 0 Å². The number of piperidine rings is 1. The second-order valence-corrected chi connectivity index (χ2v) is 12.6. The summed E-state index contributed by atoms with van der Waals surface area (Å²) < 4.78 is 22.7. The van der Waals surface area contributed by atoms with Crippen LogP contribution in [0.5, 0.6) is 17.2 Å². The van der Waals surface area contributed by atoms with Gasteiger partial charge in [0.1, 0.15) is 17.9 Å². The molecule has 0 aromatic heterocycles. The third-order valence-corrected chi connectivity index (χ3v) is 8.61. The van der Waals surface area contributed by atoms with E-state index in [-0.39, 0.29) is 12.5 Å². The number of carbonyl (C=O) groups is 4. The van der Waals surface area contributed by atoms with Gasteiger partial charge >= 0.3 is 5.97 Å². The Bertz CT molecular complexity index is 1370. The summed E-state index contributed by atoms with van der Waals surface area (Å²) in [6.45, 7) is 7.41. The molecule has 11 nitrogen and oxygen atoms in total. The topological polar surface area (TPSA) is 141 Å². The van der Waals surface area contributed by atoms with Crippen LogP contribution in [0.4, 0.5) is 0 Å². The quantitative estimate of drug-likeness (QED) is 0.185. The molecule has 1 heterocycles. The third-order valence-electron chi connectivity index (χ3n) is 8.61. The van der Waals surface area contributed by atoms with E-state index in [1.807, 2.05) is 31.2 Å². The van der Waals surface area contributed by atoms with Crippen molar-refractivity contribution in [3.63, 3.8) is 0 Å². The maximum Gasteiger partial charge on any atom is 0.329 e. The summed E-state index contributed by atoms with van der Waals surface area (Å²) in [6.07, 6.45) is 2.44. The second kappa shape index (κ2) is 17.7. The molecule has 1 saturated heterocycles. The van der Waals surface area contributed by atoms with Crippen LogP contribution in [0, 0.1) is 5.41 Å². The number of ether oxygens (including phenoxy) is 4. The average molecular weight is 655 g/mol. The molecule has 1 aliphatic heterocycles. The fourth-order valence-corrected chi connectivity index (χ4v) is 5.27. The van der Waals surface area contributed by atoms with E-state index in [9.17, 15) is 24.3 Å². The van der Waals surface area contributed by atoms with Gasteiger partial charge in [-0.2, -0.15) is 0 Å². The van der Waals surface area contributed by atoms with E-state index in [0.717, 1.165) is 12.0 Å². The van der Waals surface area contributed by atoms with E-state index in [1.54, 1.807) is 53.2 Å². The fourth-order valence-electron chi connectivity index (χ4n) is 5.27. The van der Waals surface area contributed by atoms with Crippen molar-refractivity contribution in [2.75, 3.05) is 33.9 Å². The molecule has 0 bridgehead atoms. The van der Waals surface area contributed by atoms with Crippen LogP contribution >= 0.6 is 0 Å². The molecule has 0 radical (unpaired) electrons. The summed E-state index contributed by atoms with van der Waals surface area (Å²) in [4.78, 5) is 53.9. The van der Waals surface area contributed by atoms with Crippen LogP contribution < -0.4 is 19.5 Å². The predicted octanol–water partition coefficient (Wildman–Crippen LogP) is 4.57. The zero-order valence-electron chi connectivity index (χ0n) is 28.5. The molecule has 11 heteroatoms. The number of nitrogens with zero attached hydrogens (tertiary/aromatic N) is 1. The summed E-state index contributed by atoms with van der Waals surface area (Å²) in [7, 11) is 3.13. The molecule has 0 spiro atoms. The molecule has 1 aliphatic rings. The molecule has 258 valence electrons. The minimum atomic E-state index is -0.874. The molecule has 2 aromatic rings. The molecule has 2 N–H and O–H groups in total. The van der Waals surface area contributed by atoms with Gasteiger partial charge < -0.3 is 34.3 Å². The number of esters is 1. The van der Waals surface area contributed by atoms with E-state index in [2.05, 4.69) is 5.32 Å². The lowest BCUT2D eigenvalue weighted by Gasteiger charge is -2.36. The van der Waals surface area contributed by atoms with Gasteiger partial charge in [0.2, 0.25) is 5.78 Å². The smallest absolute Gasteiger partial charge is 0.329 e. The maximum absolute atomic E-state index is 13.8. The first-order valence-electron chi connectivity index (χ1n) is 16.3. The van der Waals surface area contributed by atoms with E-state index >= 15 is 0 Å². The van der Waals surface area contributed by atoms with Crippen molar-refractivity contribution in [2.24, 2.45) is 5.41 Å². The van der Waals surface area contributed by atoms with Crippen molar-refractivity contribution < 1.29 is 43.2 Å². The summed E-state index contributed by atoms with van der Waals surface area (Å²) in [5, 5.41) is 12.1. The largest absolute Gasteiger partial charge is 0.493 e. The molecule has 1 fully saturated rings. The Balaban J connectivity index is 1.83. The minimum Gasteiger partial charge on any atom is -0.493 e. The number of hydrogen-bond acceptors (Lipinski definition) is 9. The number of methoxy groups -OCH3 is 2. The normalized spacial score (nSPS) is 16.1. The number of aryl methyl sites for hydroxylation is 1. The van der Waals surface area contributed by atoms with Crippen LogP contribution in [0.25, 0.3) is 0 Å². The van der Waals surface area contributed by atoms with E-state index in [1.165, 1.54) is 4.90 Å². The molecule has 47 heavy (non-hydrogen) atoms. The van der Waals surface area contributed by atoms with Crippen LogP contribution in [0.2, 0.25) is 0 Å². The first-order chi connectivity index (χ1) is 22.4. The molecule has 2 amide bonds. The van der Waals surface area contributed by atoms with Gasteiger partial charge in [0, 0.05) is 18.5 Å². The Morgan fingerprint density at radius 2 is 1.77 bits per heavy atom. The Kier molecular flexibility index (Phi) is 14.1. The maximum atomic E-state index is 13.8. The Morgan fingerprint density at radius 3 is 2.45 bits per heavy atom. The number of hydrogen-bond donors (Lipinski definition) is 2. The zero-order chi connectivity index (χ0) is 34.6. The van der Waals surface area contributed by atoms with Crippen molar-refractivity contribution in [3.05, 3.63) is 53.6 Å². The van der Waals surface area contributed by atoms with Crippen LogP contribution in [0.3, 0.4) is 0 Å². The van der Waals surface area contributed by atoms with Gasteiger partial charge in [0.25, 0.3) is 11.8 Å². The number of benzene rings is 2. The van der Waals surface area contributed by atoms with Crippen molar-refractivity contribution in [3.8, 4) is 17.2 Å². The second-order valence-electron chi connectivity index (χ2n) is 12.6. The zero-order valence-corrected chi connectivity index (χ0v) is 28.5. The number of aliphatic hydroxyl groups is 1. The van der Waals surface area contributed by atoms with Crippen molar-refractivity contribution >= 4 is 23.6 Å². The highest BCUT2D eigenvalue weighted by atomic mass is 16.5. The lowest BCUT2D eigenvalue weighted by atomic mass is 9.84. The number of likely N-dealkylation sites (tertiary alicyclic amines) is 1. The molecule has 3 atom stereocenters. The SMILES string of the molecule is CCC(C)(C)C(=O)C(=O)N1CCCC[C@H]1C(=O)O[C@H](CCc1ccc(OC)c(OC)c1)c1cccc(OCC(=O)NCCC(C)O)c1. The summed E-state index contributed by atoms with van der Waals surface area (Å²) in [6, 6.07) is 11.7. The van der Waals surface area contributed by atoms with Gasteiger partial charge in [0.15, 0.2) is 18.1 Å². The van der Waals surface area contributed by atoms with Crippen LogP contribution in [0.1, 0.15) is 83.5 Å². The van der Waals surface area contributed by atoms with Crippen molar-refractivity contribution in [1.82, 2.24) is 10.2 Å². The van der Waals surface area contributed by atoms with E-state index < -0.39 is 41.3 Å². The van der Waals surface area contributed by atoms with Crippen LogP contribution in [-0.2, 0) is 30.3 Å². The van der Waals surface area contributed by atoms with Gasteiger partial charge in [-0.1, -0.05) is 39.0 Å². The lowest BCUT2D eigenvalue weighted by molar-refractivity contribution is -0.164. The molecule has 0 aliphatic carbocycles. The molecule has 0 saturated carbocycles. The number of aliphatic hydroxyl groups excluding tert-OH is 1. The van der Waals surface area contributed by atoms with E-state index in [0.29, 0.717) is 74.4 Å².